The number of rotatable bonds is 3. The van der Waals surface area contributed by atoms with Gasteiger partial charge in [-0.1, -0.05) is 98.9 Å². The number of hydrogen-bond donors (Lipinski definition) is 0. The van der Waals surface area contributed by atoms with Crippen LogP contribution < -0.4 is 0 Å². The van der Waals surface area contributed by atoms with Crippen molar-refractivity contribution in [1.82, 2.24) is 0 Å². The summed E-state index contributed by atoms with van der Waals surface area (Å²) < 4.78 is 0. The fourth-order valence-corrected chi connectivity index (χ4v) is 8.03. The van der Waals surface area contributed by atoms with E-state index in [0.717, 1.165) is 6.16 Å². The van der Waals surface area contributed by atoms with Crippen LogP contribution in [-0.4, -0.2) is 11.5 Å². The Morgan fingerprint density at radius 3 is 1.68 bits per heavy atom. The lowest BCUT2D eigenvalue weighted by Gasteiger charge is -2.17. The highest BCUT2D eigenvalue weighted by atomic mass is 32.2. The molecule has 0 saturated heterocycles. The Morgan fingerprint density at radius 2 is 1.08 bits per heavy atom. The zero-order valence-corrected chi connectivity index (χ0v) is 16.4. The molecule has 1 aliphatic heterocycles. The quantitative estimate of drug-likeness (QED) is 0.416. The predicted molar refractivity (Wildman–Crippen MR) is 116 cm³/mol. The molecule has 1 heterocycles. The molecule has 0 N–H and O–H groups in total. The summed E-state index contributed by atoms with van der Waals surface area (Å²) in [6, 6.07) is 32.6. The van der Waals surface area contributed by atoms with Gasteiger partial charge in [-0.2, -0.15) is 0 Å². The normalized spacial score (nSPS) is 16.1. The third-order valence-corrected chi connectivity index (χ3v) is 9.18. The van der Waals surface area contributed by atoms with E-state index in [9.17, 15) is 0 Å². The first-order valence-electron chi connectivity index (χ1n) is 8.28. The Kier molecular flexibility index (Phi) is 5.34. The fraction of sp³-hybridized carbons (Fsp3) is 0.0455. The molecule has 0 fully saturated rings. The van der Waals surface area contributed by atoms with E-state index in [4.69, 9.17) is 0 Å². The molecule has 0 aromatic heterocycles. The van der Waals surface area contributed by atoms with E-state index in [1.165, 1.54) is 56.4 Å². The SMILES string of the molecule is c1ccc(C2=PP=PCC(c3ccccc3)=C2c2ccccc2)cc1. The van der Waals surface area contributed by atoms with Gasteiger partial charge in [0, 0.05) is 11.5 Å². The predicted octanol–water partition coefficient (Wildman–Crippen LogP) is 7.50. The standard InChI is InChI=1S/C22H17P3/c1-4-10-17(11-5-1)20-16-23-25-24-22(19-14-8-3-9-15-19)21(20)18-12-6-2-7-13-18/h1-15H,16H2. The van der Waals surface area contributed by atoms with Crippen molar-refractivity contribution in [3.8, 4) is 0 Å². The molecule has 4 rings (SSSR count). The zero-order chi connectivity index (χ0) is 16.9. The highest BCUT2D eigenvalue weighted by Crippen LogP contribution is 2.44. The number of benzene rings is 3. The van der Waals surface area contributed by atoms with Gasteiger partial charge in [-0.3, -0.25) is 0 Å². The van der Waals surface area contributed by atoms with Crippen LogP contribution in [0.15, 0.2) is 91.0 Å². The van der Waals surface area contributed by atoms with Crippen LogP contribution in [0.4, 0.5) is 0 Å². The van der Waals surface area contributed by atoms with Gasteiger partial charge < -0.3 is 0 Å². The van der Waals surface area contributed by atoms with Crippen LogP contribution >= 0.6 is 23.3 Å². The maximum atomic E-state index is 2.25. The molecule has 0 aliphatic carbocycles. The van der Waals surface area contributed by atoms with Crippen LogP contribution in [0.5, 0.6) is 0 Å². The van der Waals surface area contributed by atoms with Gasteiger partial charge in [0.1, 0.15) is 0 Å². The van der Waals surface area contributed by atoms with Crippen molar-refractivity contribution >= 4 is 39.8 Å². The van der Waals surface area contributed by atoms with E-state index in [0.29, 0.717) is 0 Å². The lowest BCUT2D eigenvalue weighted by molar-refractivity contribution is 1.56. The Morgan fingerprint density at radius 1 is 0.560 bits per heavy atom. The van der Waals surface area contributed by atoms with Crippen molar-refractivity contribution < 1.29 is 0 Å². The van der Waals surface area contributed by atoms with Crippen LogP contribution in [0.2, 0.25) is 0 Å². The van der Waals surface area contributed by atoms with Crippen molar-refractivity contribution in [3.05, 3.63) is 108 Å². The monoisotopic (exact) mass is 374 g/mol. The second kappa shape index (κ2) is 8.03. The maximum Gasteiger partial charge on any atom is 0.0220 e. The lowest BCUT2D eigenvalue weighted by atomic mass is 9.90. The summed E-state index contributed by atoms with van der Waals surface area (Å²) >= 11 is 0. The van der Waals surface area contributed by atoms with Crippen molar-refractivity contribution in [2.75, 3.05) is 6.16 Å². The van der Waals surface area contributed by atoms with Gasteiger partial charge in [0.15, 0.2) is 0 Å². The number of allylic oxidation sites excluding steroid dienone is 2. The topological polar surface area (TPSA) is 0 Å². The van der Waals surface area contributed by atoms with Gasteiger partial charge >= 0.3 is 0 Å². The molecular formula is C22H17P3. The Hall–Kier alpha value is -1.83. The van der Waals surface area contributed by atoms with Crippen LogP contribution in [-0.2, 0) is 0 Å². The summed E-state index contributed by atoms with van der Waals surface area (Å²) in [6.07, 6.45) is 1.10. The molecule has 1 aliphatic rings. The molecule has 3 aromatic carbocycles. The second-order valence-electron chi connectivity index (χ2n) is 5.79. The molecule has 0 atom stereocenters. The molecule has 0 amide bonds. The summed E-state index contributed by atoms with van der Waals surface area (Å²) in [6.45, 7) is 0. The third kappa shape index (κ3) is 3.73. The van der Waals surface area contributed by atoms with Gasteiger partial charge in [-0.15, -0.1) is 0 Å². The van der Waals surface area contributed by atoms with Crippen molar-refractivity contribution in [2.24, 2.45) is 0 Å². The second-order valence-corrected chi connectivity index (χ2v) is 10.8. The highest BCUT2D eigenvalue weighted by molar-refractivity contribution is 8.24. The van der Waals surface area contributed by atoms with Gasteiger partial charge in [-0.05, 0) is 43.3 Å². The molecule has 0 spiro atoms. The summed E-state index contributed by atoms with van der Waals surface area (Å²) in [5.41, 5.74) is 6.87. The largest absolute Gasteiger partial charge is 0.0622 e. The summed E-state index contributed by atoms with van der Waals surface area (Å²) in [7, 11) is 4.31. The molecule has 0 nitrogen and oxygen atoms in total. The Bertz CT molecular complexity index is 940. The molecule has 0 bridgehead atoms. The minimum atomic E-state index is 1.10. The first kappa shape index (κ1) is 16.6. The van der Waals surface area contributed by atoms with Gasteiger partial charge in [0.2, 0.25) is 0 Å². The molecule has 0 unspecified atom stereocenters. The average Bonchev–Trinajstić information content (AvgIpc) is 2.93. The lowest BCUT2D eigenvalue weighted by Crippen LogP contribution is -2.05. The molecule has 25 heavy (non-hydrogen) atoms. The van der Waals surface area contributed by atoms with Crippen LogP contribution in [0.1, 0.15) is 16.7 Å². The van der Waals surface area contributed by atoms with Crippen molar-refractivity contribution in [3.63, 3.8) is 0 Å². The summed E-state index contributed by atoms with van der Waals surface area (Å²) in [5, 5.41) is 1.44. The van der Waals surface area contributed by atoms with Crippen LogP contribution in [0.25, 0.3) is 11.1 Å². The van der Waals surface area contributed by atoms with E-state index in [1.807, 2.05) is 0 Å². The van der Waals surface area contributed by atoms with E-state index >= 15 is 0 Å². The van der Waals surface area contributed by atoms with E-state index in [1.54, 1.807) is 0 Å². The smallest absolute Gasteiger partial charge is 0.0220 e. The van der Waals surface area contributed by atoms with E-state index in [-0.39, 0.29) is 0 Å². The van der Waals surface area contributed by atoms with E-state index in [2.05, 4.69) is 91.0 Å². The van der Waals surface area contributed by atoms with Gasteiger partial charge in [0.05, 0.1) is 0 Å². The molecule has 3 heteroatoms. The fourth-order valence-electron chi connectivity index (χ4n) is 3.04. The Labute approximate surface area is 153 Å². The molecule has 0 saturated carbocycles. The summed E-state index contributed by atoms with van der Waals surface area (Å²) in [4.78, 5) is 0. The average molecular weight is 374 g/mol. The molecule has 120 valence electrons. The zero-order valence-electron chi connectivity index (χ0n) is 13.7. The van der Waals surface area contributed by atoms with Gasteiger partial charge in [-0.25, -0.2) is 0 Å². The first-order chi connectivity index (χ1) is 12.4. The molecule has 3 aromatic rings. The van der Waals surface area contributed by atoms with Crippen molar-refractivity contribution in [2.45, 2.75) is 0 Å². The summed E-state index contributed by atoms with van der Waals surface area (Å²) in [5.74, 6) is 0. The van der Waals surface area contributed by atoms with Crippen LogP contribution in [0.3, 0.4) is 0 Å². The molecule has 0 radical (unpaired) electrons. The Balaban J connectivity index is 1.99. The maximum absolute atomic E-state index is 2.25. The minimum absolute atomic E-state index is 1.10. The number of hydrogen-bond acceptors (Lipinski definition) is 0. The molecular weight excluding hydrogens is 357 g/mol. The first-order valence-corrected chi connectivity index (χ1v) is 12.6. The third-order valence-electron chi connectivity index (χ3n) is 4.21. The van der Waals surface area contributed by atoms with Crippen molar-refractivity contribution in [1.29, 1.82) is 0 Å². The van der Waals surface area contributed by atoms with Gasteiger partial charge in [0.25, 0.3) is 0 Å². The minimum Gasteiger partial charge on any atom is -0.0622 e. The van der Waals surface area contributed by atoms with E-state index < -0.39 is 0 Å². The van der Waals surface area contributed by atoms with Crippen LogP contribution in [0, 0.1) is 0 Å². The highest BCUT2D eigenvalue weighted by Gasteiger charge is 2.18.